The molecule has 4 rings (SSSR count). The number of benzene rings is 3. The molecule has 0 saturated carbocycles. The zero-order chi connectivity index (χ0) is 23.6. The fourth-order valence-electron chi connectivity index (χ4n) is 3.42. The number of ether oxygens (including phenoxy) is 3. The summed E-state index contributed by atoms with van der Waals surface area (Å²) in [5.41, 5.74) is 1.47. The number of halogens is 1. The van der Waals surface area contributed by atoms with Gasteiger partial charge in [-0.2, -0.15) is 0 Å². The zero-order valence-electron chi connectivity index (χ0n) is 17.8. The smallest absolute Gasteiger partial charge is 0.265 e. The van der Waals surface area contributed by atoms with Crippen LogP contribution in [0.3, 0.4) is 0 Å². The number of carbonyl (C=O) groups is 1. The molecule has 1 amide bonds. The number of methoxy groups -OCH3 is 2. The topological polar surface area (TPSA) is 103 Å². The summed E-state index contributed by atoms with van der Waals surface area (Å²) in [5, 5.41) is 3.28. The van der Waals surface area contributed by atoms with Crippen molar-refractivity contribution in [1.82, 2.24) is 0 Å². The molecule has 10 heteroatoms. The minimum absolute atomic E-state index is 0.124. The number of hydrogen-bond donors (Lipinski definition) is 2. The lowest BCUT2D eigenvalue weighted by molar-refractivity contribution is -0.122. The van der Waals surface area contributed by atoms with E-state index in [0.29, 0.717) is 28.6 Å². The molecule has 33 heavy (non-hydrogen) atoms. The predicted octanol–water partition coefficient (Wildman–Crippen LogP) is 4.10. The largest absolute Gasteiger partial charge is 0.497 e. The van der Waals surface area contributed by atoms with E-state index in [1.165, 1.54) is 26.4 Å². The van der Waals surface area contributed by atoms with Crippen LogP contribution in [0.2, 0.25) is 5.02 Å². The number of rotatable bonds is 7. The van der Waals surface area contributed by atoms with Crippen molar-refractivity contribution < 1.29 is 27.4 Å². The van der Waals surface area contributed by atoms with E-state index in [1.54, 1.807) is 48.5 Å². The average Bonchev–Trinajstić information content (AvgIpc) is 3.23. The van der Waals surface area contributed by atoms with E-state index in [-0.39, 0.29) is 16.3 Å². The maximum Gasteiger partial charge on any atom is 0.265 e. The lowest BCUT2D eigenvalue weighted by atomic mass is 10.1. The molecule has 1 atom stereocenters. The third-order valence-electron chi connectivity index (χ3n) is 5.05. The van der Waals surface area contributed by atoms with Gasteiger partial charge in [0.1, 0.15) is 22.1 Å². The quantitative estimate of drug-likeness (QED) is 0.519. The normalized spacial score (nSPS) is 14.7. The van der Waals surface area contributed by atoms with Crippen LogP contribution in [0.25, 0.3) is 0 Å². The predicted molar refractivity (Wildman–Crippen MR) is 125 cm³/mol. The fourth-order valence-corrected chi connectivity index (χ4v) is 4.87. The molecule has 1 aliphatic rings. The van der Waals surface area contributed by atoms with E-state index < -0.39 is 22.0 Å². The monoisotopic (exact) mass is 488 g/mol. The second-order valence-electron chi connectivity index (χ2n) is 7.25. The maximum absolute atomic E-state index is 13.0. The molecular formula is C23H21ClN2O6S. The Morgan fingerprint density at radius 1 is 1.00 bits per heavy atom. The van der Waals surface area contributed by atoms with E-state index in [0.717, 1.165) is 5.56 Å². The van der Waals surface area contributed by atoms with Crippen LogP contribution >= 0.6 is 11.6 Å². The molecule has 0 spiro atoms. The first-order chi connectivity index (χ1) is 15.8. The summed E-state index contributed by atoms with van der Waals surface area (Å²) in [6.07, 6.45) is -0.389. The van der Waals surface area contributed by atoms with Crippen LogP contribution in [0, 0.1) is 0 Å². The van der Waals surface area contributed by atoms with Gasteiger partial charge < -0.3 is 19.5 Å². The summed E-state index contributed by atoms with van der Waals surface area (Å²) < 4.78 is 44.6. The highest BCUT2D eigenvalue weighted by molar-refractivity contribution is 7.92. The number of hydrogen-bond acceptors (Lipinski definition) is 6. The summed E-state index contributed by atoms with van der Waals surface area (Å²) in [6, 6.07) is 16.0. The molecule has 0 radical (unpaired) electrons. The lowest BCUT2D eigenvalue weighted by Gasteiger charge is -2.15. The maximum atomic E-state index is 13.0. The van der Waals surface area contributed by atoms with Gasteiger partial charge in [0, 0.05) is 22.8 Å². The van der Waals surface area contributed by atoms with Crippen LogP contribution < -0.4 is 24.2 Å². The van der Waals surface area contributed by atoms with Crippen molar-refractivity contribution >= 4 is 38.9 Å². The first-order valence-corrected chi connectivity index (χ1v) is 11.8. The highest BCUT2D eigenvalue weighted by Crippen LogP contribution is 2.33. The number of nitrogens with one attached hydrogen (secondary N) is 2. The Morgan fingerprint density at radius 2 is 1.73 bits per heavy atom. The van der Waals surface area contributed by atoms with Gasteiger partial charge in [-0.05, 0) is 66.2 Å². The van der Waals surface area contributed by atoms with E-state index in [1.807, 2.05) is 0 Å². The van der Waals surface area contributed by atoms with Gasteiger partial charge in [-0.1, -0.05) is 11.6 Å². The molecule has 0 bridgehead atoms. The van der Waals surface area contributed by atoms with Crippen LogP contribution in [-0.4, -0.2) is 34.6 Å². The lowest BCUT2D eigenvalue weighted by Crippen LogP contribution is -2.31. The van der Waals surface area contributed by atoms with E-state index in [9.17, 15) is 13.2 Å². The third-order valence-corrected chi connectivity index (χ3v) is 6.69. The molecule has 0 aromatic heterocycles. The van der Waals surface area contributed by atoms with Gasteiger partial charge in [0.15, 0.2) is 6.10 Å². The van der Waals surface area contributed by atoms with Gasteiger partial charge in [0.05, 0.1) is 14.2 Å². The van der Waals surface area contributed by atoms with Gasteiger partial charge in [0.2, 0.25) is 0 Å². The molecule has 172 valence electrons. The van der Waals surface area contributed by atoms with Gasteiger partial charge in [0.25, 0.3) is 15.9 Å². The number of carbonyl (C=O) groups excluding carboxylic acids is 1. The summed E-state index contributed by atoms with van der Waals surface area (Å²) in [4.78, 5) is 12.6. The molecule has 0 aliphatic carbocycles. The van der Waals surface area contributed by atoms with Crippen molar-refractivity contribution in [3.8, 4) is 17.2 Å². The summed E-state index contributed by atoms with van der Waals surface area (Å²) in [7, 11) is -1.12. The Bertz CT molecular complexity index is 1290. The Kier molecular flexibility index (Phi) is 6.35. The molecule has 0 saturated heterocycles. The Hall–Kier alpha value is -3.43. The minimum atomic E-state index is -4.01. The summed E-state index contributed by atoms with van der Waals surface area (Å²) in [5.74, 6) is 0.923. The van der Waals surface area contributed by atoms with Crippen LogP contribution in [0.1, 0.15) is 5.56 Å². The fraction of sp³-hybridized carbons (Fsp3) is 0.174. The van der Waals surface area contributed by atoms with Gasteiger partial charge in [-0.15, -0.1) is 0 Å². The first kappa shape index (κ1) is 22.8. The second kappa shape index (κ2) is 9.21. The van der Waals surface area contributed by atoms with Crippen LogP contribution in [0.4, 0.5) is 11.4 Å². The number of fused-ring (bicyclic) bond motifs is 1. The number of anilines is 2. The second-order valence-corrected chi connectivity index (χ2v) is 9.34. The average molecular weight is 489 g/mol. The zero-order valence-corrected chi connectivity index (χ0v) is 19.4. The molecule has 0 fully saturated rings. The molecule has 1 unspecified atom stereocenters. The van der Waals surface area contributed by atoms with Gasteiger partial charge in [-0.25, -0.2) is 8.42 Å². The van der Waals surface area contributed by atoms with Crippen LogP contribution in [0.15, 0.2) is 65.6 Å². The van der Waals surface area contributed by atoms with Crippen molar-refractivity contribution in [3.05, 3.63) is 71.2 Å². The van der Waals surface area contributed by atoms with E-state index in [4.69, 9.17) is 25.8 Å². The molecule has 2 N–H and O–H groups in total. The molecule has 8 nitrogen and oxygen atoms in total. The van der Waals surface area contributed by atoms with Crippen molar-refractivity contribution in [3.63, 3.8) is 0 Å². The molecule has 1 aliphatic heterocycles. The highest BCUT2D eigenvalue weighted by Gasteiger charge is 2.30. The van der Waals surface area contributed by atoms with Crippen LogP contribution in [0.5, 0.6) is 17.2 Å². The number of sulfonamides is 1. The summed E-state index contributed by atoms with van der Waals surface area (Å²) >= 11 is 6.01. The molecule has 3 aromatic carbocycles. The minimum Gasteiger partial charge on any atom is -0.497 e. The number of amides is 1. The van der Waals surface area contributed by atoms with Crippen molar-refractivity contribution in [2.45, 2.75) is 17.4 Å². The first-order valence-electron chi connectivity index (χ1n) is 9.90. The van der Waals surface area contributed by atoms with Crippen LogP contribution in [-0.2, 0) is 21.2 Å². The van der Waals surface area contributed by atoms with E-state index in [2.05, 4.69) is 10.0 Å². The summed E-state index contributed by atoms with van der Waals surface area (Å²) in [6.45, 7) is 0. The third kappa shape index (κ3) is 4.99. The van der Waals surface area contributed by atoms with Gasteiger partial charge >= 0.3 is 0 Å². The van der Waals surface area contributed by atoms with Gasteiger partial charge in [-0.3, -0.25) is 9.52 Å². The highest BCUT2D eigenvalue weighted by atomic mass is 35.5. The Labute approximate surface area is 196 Å². The van der Waals surface area contributed by atoms with Crippen molar-refractivity contribution in [1.29, 1.82) is 0 Å². The molecule has 1 heterocycles. The Balaban J connectivity index is 1.53. The molecular weight excluding hydrogens is 468 g/mol. The SMILES string of the molecule is COc1ccc(NS(=O)(=O)c2cc(NC(=O)C3Cc4cc(Cl)ccc4O3)ccc2OC)cc1. The van der Waals surface area contributed by atoms with E-state index >= 15 is 0 Å². The molecule has 3 aromatic rings. The van der Waals surface area contributed by atoms with Crippen molar-refractivity contribution in [2.75, 3.05) is 24.3 Å². The van der Waals surface area contributed by atoms with Crippen molar-refractivity contribution in [2.24, 2.45) is 0 Å². The standard InChI is InChI=1S/C23H21ClN2O6S/c1-30-18-7-4-16(5-8-18)26-33(28,29)22-13-17(6-10-20(22)31-2)25-23(27)21-12-14-11-15(24)3-9-19(14)32-21/h3-11,13,21,26H,12H2,1-2H3,(H,25,27). The Morgan fingerprint density at radius 3 is 2.42 bits per heavy atom.